The van der Waals surface area contributed by atoms with E-state index in [1.165, 1.54) is 6.07 Å². The third-order valence-corrected chi connectivity index (χ3v) is 8.30. The SMILES string of the molecule is N#Cc1ccc(C2(O)CC3CCC(C2)N3C(=O)OCC2c3ccccc3-c3ccccc32)cc1C(F)(F)F. The Bertz CT molecular complexity index is 1400. The quantitative estimate of drug-likeness (QED) is 0.439. The highest BCUT2D eigenvalue weighted by Crippen LogP contribution is 2.48. The summed E-state index contributed by atoms with van der Waals surface area (Å²) in [4.78, 5) is 15.0. The molecule has 38 heavy (non-hydrogen) atoms. The van der Waals surface area contributed by atoms with Crippen molar-refractivity contribution in [3.8, 4) is 17.2 Å². The van der Waals surface area contributed by atoms with Crippen LogP contribution in [0, 0.1) is 11.3 Å². The fraction of sp³-hybridized carbons (Fsp3) is 0.333. The molecule has 2 fully saturated rings. The first-order valence-corrected chi connectivity index (χ1v) is 12.7. The number of ether oxygens (including phenoxy) is 1. The molecule has 0 radical (unpaired) electrons. The zero-order valence-electron chi connectivity index (χ0n) is 20.4. The molecule has 2 unspecified atom stereocenters. The maximum Gasteiger partial charge on any atom is 0.417 e. The summed E-state index contributed by atoms with van der Waals surface area (Å²) in [5.41, 5.74) is 1.53. The molecule has 5 nitrogen and oxygen atoms in total. The van der Waals surface area contributed by atoms with Crippen LogP contribution < -0.4 is 0 Å². The van der Waals surface area contributed by atoms with E-state index in [-0.39, 0.29) is 43.0 Å². The monoisotopic (exact) mass is 518 g/mol. The van der Waals surface area contributed by atoms with Gasteiger partial charge in [-0.2, -0.15) is 18.4 Å². The van der Waals surface area contributed by atoms with Crippen molar-refractivity contribution in [3.05, 3.63) is 94.5 Å². The van der Waals surface area contributed by atoms with E-state index in [9.17, 15) is 23.1 Å². The molecule has 0 aromatic heterocycles. The van der Waals surface area contributed by atoms with Crippen LogP contribution in [0.5, 0.6) is 0 Å². The maximum absolute atomic E-state index is 13.5. The molecule has 194 valence electrons. The minimum atomic E-state index is -4.71. The van der Waals surface area contributed by atoms with Gasteiger partial charge in [0.2, 0.25) is 0 Å². The van der Waals surface area contributed by atoms with E-state index in [0.29, 0.717) is 12.8 Å². The predicted octanol–water partition coefficient (Wildman–Crippen LogP) is 6.34. The summed E-state index contributed by atoms with van der Waals surface area (Å²) in [5.74, 6) is -0.0786. The molecule has 1 aliphatic carbocycles. The van der Waals surface area contributed by atoms with Gasteiger partial charge < -0.3 is 14.7 Å². The maximum atomic E-state index is 13.5. The Morgan fingerprint density at radius 1 is 1.00 bits per heavy atom. The minimum absolute atomic E-state index is 0.0786. The van der Waals surface area contributed by atoms with Crippen LogP contribution in [-0.2, 0) is 16.5 Å². The summed E-state index contributed by atoms with van der Waals surface area (Å²) in [6.45, 7) is 0.178. The number of hydrogen-bond donors (Lipinski definition) is 1. The van der Waals surface area contributed by atoms with Gasteiger partial charge in [0.15, 0.2) is 0 Å². The molecule has 0 saturated carbocycles. The molecule has 2 saturated heterocycles. The second kappa shape index (κ2) is 8.88. The molecule has 1 amide bonds. The van der Waals surface area contributed by atoms with Gasteiger partial charge in [-0.15, -0.1) is 0 Å². The second-order valence-electron chi connectivity index (χ2n) is 10.4. The van der Waals surface area contributed by atoms with E-state index in [2.05, 4.69) is 12.1 Å². The average Bonchev–Trinajstić information content (AvgIpc) is 3.38. The summed E-state index contributed by atoms with van der Waals surface area (Å²) in [7, 11) is 0. The van der Waals surface area contributed by atoms with E-state index in [4.69, 9.17) is 10.00 Å². The third-order valence-electron chi connectivity index (χ3n) is 8.30. The van der Waals surface area contributed by atoms with Crippen molar-refractivity contribution in [1.29, 1.82) is 5.26 Å². The highest BCUT2D eigenvalue weighted by molar-refractivity contribution is 5.79. The van der Waals surface area contributed by atoms with Crippen molar-refractivity contribution in [2.24, 2.45) is 0 Å². The number of fused-ring (bicyclic) bond motifs is 5. The van der Waals surface area contributed by atoms with Gasteiger partial charge in [0.05, 0.1) is 22.8 Å². The Kier molecular flexibility index (Phi) is 5.73. The predicted molar refractivity (Wildman–Crippen MR) is 133 cm³/mol. The number of amides is 1. The molecule has 6 rings (SSSR count). The number of carbonyl (C=O) groups excluding carboxylic acids is 1. The van der Waals surface area contributed by atoms with Crippen LogP contribution in [0.3, 0.4) is 0 Å². The van der Waals surface area contributed by atoms with Gasteiger partial charge in [0, 0.05) is 30.8 Å². The number of benzene rings is 3. The summed E-state index contributed by atoms with van der Waals surface area (Å²) in [6, 6.07) is 20.4. The lowest BCUT2D eigenvalue weighted by atomic mass is 9.79. The van der Waals surface area contributed by atoms with Gasteiger partial charge in [-0.1, -0.05) is 54.6 Å². The van der Waals surface area contributed by atoms with Crippen LogP contribution in [0.4, 0.5) is 18.0 Å². The largest absolute Gasteiger partial charge is 0.448 e. The fourth-order valence-electron chi connectivity index (χ4n) is 6.59. The van der Waals surface area contributed by atoms with E-state index in [1.807, 2.05) is 36.4 Å². The third kappa shape index (κ3) is 3.93. The number of aliphatic hydroxyl groups is 1. The Labute approximate surface area is 218 Å². The topological polar surface area (TPSA) is 73.6 Å². The Hall–Kier alpha value is -3.83. The minimum Gasteiger partial charge on any atom is -0.448 e. The first-order chi connectivity index (χ1) is 18.2. The van der Waals surface area contributed by atoms with Gasteiger partial charge >= 0.3 is 12.3 Å². The van der Waals surface area contributed by atoms with Crippen molar-refractivity contribution in [2.75, 3.05) is 6.61 Å². The van der Waals surface area contributed by atoms with Crippen LogP contribution in [0.2, 0.25) is 0 Å². The van der Waals surface area contributed by atoms with Gasteiger partial charge in [0.1, 0.15) is 6.61 Å². The first-order valence-electron chi connectivity index (χ1n) is 12.7. The van der Waals surface area contributed by atoms with E-state index >= 15 is 0 Å². The smallest absolute Gasteiger partial charge is 0.417 e. The van der Waals surface area contributed by atoms with Crippen molar-refractivity contribution >= 4 is 6.09 Å². The Morgan fingerprint density at radius 2 is 1.58 bits per heavy atom. The molecule has 3 aliphatic rings. The lowest BCUT2D eigenvalue weighted by Gasteiger charge is -2.43. The molecule has 2 bridgehead atoms. The molecule has 2 atom stereocenters. The van der Waals surface area contributed by atoms with Crippen LogP contribution >= 0.6 is 0 Å². The number of carbonyl (C=O) groups is 1. The van der Waals surface area contributed by atoms with Crippen LogP contribution in [0.25, 0.3) is 11.1 Å². The summed E-state index contributed by atoms with van der Waals surface area (Å²) >= 11 is 0. The average molecular weight is 519 g/mol. The van der Waals surface area contributed by atoms with Crippen LogP contribution in [0.15, 0.2) is 66.7 Å². The Balaban J connectivity index is 1.20. The zero-order valence-corrected chi connectivity index (χ0v) is 20.4. The number of halogens is 3. The molecular weight excluding hydrogens is 493 g/mol. The highest BCUT2D eigenvalue weighted by Gasteiger charge is 2.51. The zero-order chi connectivity index (χ0) is 26.7. The number of hydrogen-bond acceptors (Lipinski definition) is 4. The molecule has 3 aromatic carbocycles. The number of nitriles is 1. The van der Waals surface area contributed by atoms with Crippen molar-refractivity contribution < 1.29 is 27.8 Å². The molecule has 0 spiro atoms. The molecule has 1 N–H and O–H groups in total. The number of rotatable bonds is 3. The number of piperidine rings is 1. The van der Waals surface area contributed by atoms with Crippen molar-refractivity contribution in [1.82, 2.24) is 4.90 Å². The summed E-state index contributed by atoms with van der Waals surface area (Å²) in [5, 5.41) is 20.6. The molecule has 8 heteroatoms. The molecular formula is C30H25F3N2O3. The van der Waals surface area contributed by atoms with Crippen LogP contribution in [-0.4, -0.2) is 34.8 Å². The van der Waals surface area contributed by atoms with Gasteiger partial charge in [-0.25, -0.2) is 4.79 Å². The van der Waals surface area contributed by atoms with Gasteiger partial charge in [-0.05, 0) is 52.8 Å². The fourth-order valence-corrected chi connectivity index (χ4v) is 6.59. The second-order valence-corrected chi connectivity index (χ2v) is 10.4. The van der Waals surface area contributed by atoms with E-state index in [1.54, 1.807) is 11.0 Å². The molecule has 2 aliphatic heterocycles. The Morgan fingerprint density at radius 3 is 2.13 bits per heavy atom. The highest BCUT2D eigenvalue weighted by atomic mass is 19.4. The number of alkyl halides is 3. The van der Waals surface area contributed by atoms with Crippen molar-refractivity contribution in [3.63, 3.8) is 0 Å². The standard InChI is InChI=1S/C30H25F3N2O3/c31-30(32,33)27-13-19(10-9-18(27)16-34)29(37)14-20-11-12-21(15-29)35(20)28(36)38-17-26-24-7-3-1-5-22(24)23-6-2-4-8-25(23)26/h1-10,13,20-21,26,37H,11-12,14-15,17H2. The van der Waals surface area contributed by atoms with Crippen LogP contribution in [0.1, 0.15) is 59.4 Å². The van der Waals surface area contributed by atoms with Gasteiger partial charge in [0.25, 0.3) is 0 Å². The van der Waals surface area contributed by atoms with E-state index < -0.39 is 29.0 Å². The number of nitrogens with zero attached hydrogens (tertiary/aromatic N) is 2. The molecule has 3 aromatic rings. The normalized spacial score (nSPS) is 24.0. The summed E-state index contributed by atoms with van der Waals surface area (Å²) < 4.78 is 46.5. The first kappa shape index (κ1) is 24.5. The van der Waals surface area contributed by atoms with Crippen molar-refractivity contribution in [2.45, 2.75) is 55.5 Å². The summed E-state index contributed by atoms with van der Waals surface area (Å²) in [6.07, 6.45) is -3.68. The van der Waals surface area contributed by atoms with E-state index in [0.717, 1.165) is 34.4 Å². The lowest BCUT2D eigenvalue weighted by molar-refractivity contribution is -0.138. The van der Waals surface area contributed by atoms with Gasteiger partial charge in [-0.3, -0.25) is 0 Å². The lowest BCUT2D eigenvalue weighted by Crippen LogP contribution is -2.52. The molecule has 2 heterocycles.